The zero-order valence-corrected chi connectivity index (χ0v) is 24.2. The molecule has 1 fully saturated rings. The van der Waals surface area contributed by atoms with Crippen LogP contribution < -0.4 is 5.32 Å². The molecule has 1 N–H and O–H groups in total. The second kappa shape index (κ2) is 14.6. The highest BCUT2D eigenvalue weighted by Crippen LogP contribution is 2.36. The molecule has 230 valence electrons. The van der Waals surface area contributed by atoms with Crippen molar-refractivity contribution in [1.29, 1.82) is 0 Å². The number of pyridine rings is 1. The molecule has 0 bridgehead atoms. The van der Waals surface area contributed by atoms with Gasteiger partial charge in [0, 0.05) is 31.5 Å². The van der Waals surface area contributed by atoms with Crippen LogP contribution in [0.3, 0.4) is 0 Å². The van der Waals surface area contributed by atoms with Crippen molar-refractivity contribution in [2.45, 2.75) is 24.8 Å². The van der Waals surface area contributed by atoms with E-state index in [-0.39, 0.29) is 30.0 Å². The van der Waals surface area contributed by atoms with Gasteiger partial charge in [-0.1, -0.05) is 17.3 Å². The largest absolute Gasteiger partial charge is 0.466 e. The van der Waals surface area contributed by atoms with Crippen LogP contribution in [0.25, 0.3) is 0 Å². The summed E-state index contributed by atoms with van der Waals surface area (Å²) < 4.78 is 38.4. The third-order valence-corrected chi connectivity index (χ3v) is 7.33. The number of amides is 3. The Labute approximate surface area is 247 Å². The SMILES string of the molecule is COCC1=C(C(=O)OC)C(c2ccc(F)c(F)c2)N(N(C=O)CC(CN2CCC(c3ccccn3)CC2)=NOC)C(=O)N1. The van der Waals surface area contributed by atoms with Gasteiger partial charge in [0.05, 0.1) is 37.2 Å². The fourth-order valence-electron chi connectivity index (χ4n) is 5.37. The summed E-state index contributed by atoms with van der Waals surface area (Å²) in [5.41, 5.74) is 1.41. The lowest BCUT2D eigenvalue weighted by molar-refractivity contribution is -0.140. The molecule has 4 rings (SSSR count). The molecule has 12 nitrogen and oxygen atoms in total. The van der Waals surface area contributed by atoms with Crippen molar-refractivity contribution in [3.63, 3.8) is 0 Å². The highest BCUT2D eigenvalue weighted by Gasteiger charge is 2.43. The maximum absolute atomic E-state index is 14.4. The number of ether oxygens (including phenoxy) is 2. The van der Waals surface area contributed by atoms with Crippen LogP contribution in [-0.4, -0.2) is 98.1 Å². The molecule has 2 aromatic rings. The van der Waals surface area contributed by atoms with Crippen LogP contribution in [-0.2, 0) is 23.9 Å². The van der Waals surface area contributed by atoms with Crippen LogP contribution >= 0.6 is 0 Å². The number of hydrazine groups is 1. The van der Waals surface area contributed by atoms with Gasteiger partial charge in [-0.2, -0.15) is 0 Å². The number of nitrogens with one attached hydrogen (secondary N) is 1. The molecule has 1 atom stereocenters. The summed E-state index contributed by atoms with van der Waals surface area (Å²) >= 11 is 0. The molecule has 1 unspecified atom stereocenters. The predicted molar refractivity (Wildman–Crippen MR) is 150 cm³/mol. The maximum atomic E-state index is 14.4. The first-order valence-corrected chi connectivity index (χ1v) is 13.6. The highest BCUT2D eigenvalue weighted by molar-refractivity contribution is 5.96. The van der Waals surface area contributed by atoms with Gasteiger partial charge in [0.1, 0.15) is 13.2 Å². The Balaban J connectivity index is 1.62. The van der Waals surface area contributed by atoms with E-state index in [4.69, 9.17) is 14.3 Å². The fraction of sp³-hybridized carbons (Fsp3) is 0.414. The summed E-state index contributed by atoms with van der Waals surface area (Å²) in [7, 11) is 3.86. The number of hydrogen-bond donors (Lipinski definition) is 1. The first kappa shape index (κ1) is 31.5. The van der Waals surface area contributed by atoms with Crippen molar-refractivity contribution in [1.82, 2.24) is 25.2 Å². The number of likely N-dealkylation sites (tertiary alicyclic amines) is 1. The van der Waals surface area contributed by atoms with E-state index in [9.17, 15) is 23.2 Å². The zero-order chi connectivity index (χ0) is 30.9. The fourth-order valence-corrected chi connectivity index (χ4v) is 5.37. The highest BCUT2D eigenvalue weighted by atomic mass is 19.2. The van der Waals surface area contributed by atoms with Crippen LogP contribution in [0.5, 0.6) is 0 Å². The van der Waals surface area contributed by atoms with Gasteiger partial charge in [-0.25, -0.2) is 28.4 Å². The molecule has 1 aromatic heterocycles. The molecule has 2 aliphatic heterocycles. The van der Waals surface area contributed by atoms with E-state index in [1.54, 1.807) is 6.20 Å². The molecule has 0 radical (unpaired) electrons. The Hall–Kier alpha value is -4.43. The van der Waals surface area contributed by atoms with Crippen LogP contribution in [0.15, 0.2) is 59.0 Å². The first-order chi connectivity index (χ1) is 20.8. The van der Waals surface area contributed by atoms with Gasteiger partial charge in [-0.15, -0.1) is 0 Å². The van der Waals surface area contributed by atoms with E-state index < -0.39 is 29.7 Å². The van der Waals surface area contributed by atoms with Crippen molar-refractivity contribution in [3.05, 3.63) is 76.8 Å². The summed E-state index contributed by atoms with van der Waals surface area (Å²) in [4.78, 5) is 50.7. The number of benzene rings is 1. The van der Waals surface area contributed by atoms with E-state index in [1.165, 1.54) is 20.3 Å². The molecule has 3 amide bonds. The molecule has 0 aliphatic carbocycles. The lowest BCUT2D eigenvalue weighted by Gasteiger charge is -2.42. The van der Waals surface area contributed by atoms with Crippen LogP contribution in [0.1, 0.15) is 36.1 Å². The quantitative estimate of drug-likeness (QED) is 0.171. The molecular weight excluding hydrogens is 566 g/mol. The molecule has 0 spiro atoms. The number of aromatic nitrogens is 1. The molecule has 43 heavy (non-hydrogen) atoms. The summed E-state index contributed by atoms with van der Waals surface area (Å²) in [6.07, 6.45) is 3.91. The summed E-state index contributed by atoms with van der Waals surface area (Å²) in [5.74, 6) is -2.86. The first-order valence-electron chi connectivity index (χ1n) is 13.6. The van der Waals surface area contributed by atoms with Crippen molar-refractivity contribution in [2.75, 3.05) is 54.1 Å². The van der Waals surface area contributed by atoms with Crippen LogP contribution in [0.4, 0.5) is 13.6 Å². The van der Waals surface area contributed by atoms with Crippen molar-refractivity contribution in [2.24, 2.45) is 5.16 Å². The van der Waals surface area contributed by atoms with E-state index in [1.807, 2.05) is 18.2 Å². The second-order valence-electron chi connectivity index (χ2n) is 10.0. The number of rotatable bonds is 12. The smallest absolute Gasteiger partial charge is 0.341 e. The topological polar surface area (TPSA) is 126 Å². The van der Waals surface area contributed by atoms with Gasteiger partial charge >= 0.3 is 12.0 Å². The van der Waals surface area contributed by atoms with Gasteiger partial charge < -0.3 is 19.6 Å². The Morgan fingerprint density at radius 2 is 1.93 bits per heavy atom. The number of oxime groups is 1. The Kier molecular flexibility index (Phi) is 10.7. The van der Waals surface area contributed by atoms with Crippen molar-refractivity contribution < 1.29 is 37.5 Å². The number of carbonyl (C=O) groups is 3. The maximum Gasteiger partial charge on any atom is 0.341 e. The van der Waals surface area contributed by atoms with Crippen molar-refractivity contribution in [3.8, 4) is 0 Å². The predicted octanol–water partition coefficient (Wildman–Crippen LogP) is 2.76. The van der Waals surface area contributed by atoms with Gasteiger partial charge in [-0.05, 0) is 55.8 Å². The lowest BCUT2D eigenvalue weighted by Crippen LogP contribution is -2.58. The minimum atomic E-state index is -1.37. The number of esters is 1. The minimum Gasteiger partial charge on any atom is -0.466 e. The van der Waals surface area contributed by atoms with Gasteiger partial charge in [-0.3, -0.25) is 14.7 Å². The third-order valence-electron chi connectivity index (χ3n) is 7.33. The molecule has 2 aliphatic rings. The Bertz CT molecular complexity index is 1370. The van der Waals surface area contributed by atoms with Crippen molar-refractivity contribution >= 4 is 24.1 Å². The molecule has 0 saturated carbocycles. The third kappa shape index (κ3) is 7.32. The number of hydrogen-bond acceptors (Lipinski definition) is 9. The molecule has 1 aromatic carbocycles. The average Bonchev–Trinajstić information content (AvgIpc) is 3.02. The van der Waals surface area contributed by atoms with Crippen LogP contribution in [0, 0.1) is 11.6 Å². The van der Waals surface area contributed by atoms with Gasteiger partial charge in [0.25, 0.3) is 0 Å². The van der Waals surface area contributed by atoms with E-state index in [0.29, 0.717) is 24.6 Å². The molecular formula is C29H34F2N6O6. The monoisotopic (exact) mass is 600 g/mol. The standard InChI is InChI=1S/C29H34F2N6O6/c1-41-17-25-26(28(39)42-2)27(20-7-8-22(30)23(31)14-20)37(29(40)33-25)36(18-38)16-21(34-43-3)15-35-12-9-19(10-13-35)24-6-4-5-11-32-24/h4-8,11,14,18-19,27H,9-10,12-13,15-17H2,1-3H3,(H,33,40). The molecule has 3 heterocycles. The minimum absolute atomic E-state index is 0.0245. The van der Waals surface area contributed by atoms with E-state index in [2.05, 4.69) is 20.4 Å². The molecule has 14 heteroatoms. The second-order valence-corrected chi connectivity index (χ2v) is 10.0. The summed E-state index contributed by atoms with van der Waals surface area (Å²) in [6, 6.07) is 6.64. The zero-order valence-electron chi connectivity index (χ0n) is 24.2. The average molecular weight is 601 g/mol. The number of methoxy groups -OCH3 is 2. The number of urea groups is 1. The number of halogens is 2. The number of nitrogens with zero attached hydrogens (tertiary/aromatic N) is 5. The Morgan fingerprint density at radius 1 is 1.16 bits per heavy atom. The molecule has 1 saturated heterocycles. The normalized spacial score (nSPS) is 18.3. The number of piperidine rings is 1. The van der Waals surface area contributed by atoms with Gasteiger partial charge in [0.15, 0.2) is 11.6 Å². The Morgan fingerprint density at radius 3 is 2.53 bits per heavy atom. The summed E-state index contributed by atoms with van der Waals surface area (Å²) in [6.45, 7) is 1.40. The summed E-state index contributed by atoms with van der Waals surface area (Å²) in [5, 5.41) is 8.63. The van der Waals surface area contributed by atoms with E-state index >= 15 is 0 Å². The van der Waals surface area contributed by atoms with Crippen LogP contribution in [0.2, 0.25) is 0 Å². The van der Waals surface area contributed by atoms with Gasteiger partial charge in [0.2, 0.25) is 6.41 Å². The van der Waals surface area contributed by atoms with E-state index in [0.717, 1.165) is 60.9 Å². The number of carbonyl (C=O) groups excluding carboxylic acids is 3. The lowest BCUT2D eigenvalue weighted by atomic mass is 9.93.